The van der Waals surface area contributed by atoms with Crippen molar-refractivity contribution in [3.63, 3.8) is 0 Å². The zero-order chi connectivity index (χ0) is 20.4. The van der Waals surface area contributed by atoms with E-state index in [9.17, 15) is 5.11 Å². The third-order valence-electron chi connectivity index (χ3n) is 4.46. The maximum Gasteiger partial charge on any atom is 0.151 e. The van der Waals surface area contributed by atoms with E-state index in [1.807, 2.05) is 56.6 Å². The standard InChI is InChI=1S/C20H27N5O2S/c1-6-27-11-16-23-17-18(25(16)5)19(12(2)22-20(17)21)28-14-8-7-13(10-24(3)4)15(26)9-14/h7-9,26H,6,10-11H2,1-5H3,(H2,21,22). The molecule has 3 rings (SSSR count). The van der Waals surface area contributed by atoms with Gasteiger partial charge in [0.1, 0.15) is 23.7 Å². The van der Waals surface area contributed by atoms with E-state index in [2.05, 4.69) is 9.97 Å². The largest absolute Gasteiger partial charge is 0.508 e. The molecule has 150 valence electrons. The smallest absolute Gasteiger partial charge is 0.151 e. The summed E-state index contributed by atoms with van der Waals surface area (Å²) in [6.07, 6.45) is 0. The number of aryl methyl sites for hydroxylation is 2. The molecule has 2 aromatic heterocycles. The van der Waals surface area contributed by atoms with Crippen LogP contribution >= 0.6 is 11.8 Å². The van der Waals surface area contributed by atoms with Gasteiger partial charge in [0.15, 0.2) is 5.82 Å². The Balaban J connectivity index is 2.03. The van der Waals surface area contributed by atoms with Crippen LogP contribution in [0.25, 0.3) is 11.0 Å². The minimum Gasteiger partial charge on any atom is -0.508 e. The first kappa shape index (κ1) is 20.4. The second-order valence-electron chi connectivity index (χ2n) is 6.96. The maximum absolute atomic E-state index is 10.4. The monoisotopic (exact) mass is 401 g/mol. The van der Waals surface area contributed by atoms with Crippen molar-refractivity contribution >= 4 is 28.6 Å². The molecular weight excluding hydrogens is 374 g/mol. The van der Waals surface area contributed by atoms with Crippen LogP contribution < -0.4 is 5.73 Å². The zero-order valence-electron chi connectivity index (χ0n) is 17.0. The molecule has 0 atom stereocenters. The Morgan fingerprint density at radius 3 is 2.68 bits per heavy atom. The van der Waals surface area contributed by atoms with E-state index < -0.39 is 0 Å². The number of aromatic nitrogens is 3. The highest BCUT2D eigenvalue weighted by molar-refractivity contribution is 7.99. The number of phenolic OH excluding ortho intramolecular Hbond substituents is 1. The molecule has 0 aliphatic heterocycles. The number of hydrogen-bond acceptors (Lipinski definition) is 7. The average Bonchev–Trinajstić information content (AvgIpc) is 2.96. The predicted molar refractivity (Wildman–Crippen MR) is 113 cm³/mol. The van der Waals surface area contributed by atoms with Gasteiger partial charge in [-0.1, -0.05) is 17.8 Å². The summed E-state index contributed by atoms with van der Waals surface area (Å²) in [5, 5.41) is 10.4. The lowest BCUT2D eigenvalue weighted by Gasteiger charge is -2.13. The Labute approximate surface area is 169 Å². The number of nitrogens with zero attached hydrogens (tertiary/aromatic N) is 4. The Bertz CT molecular complexity index is 1000. The number of nitrogens with two attached hydrogens (primary N) is 1. The third kappa shape index (κ3) is 4.09. The third-order valence-corrected chi connectivity index (χ3v) is 5.64. The second-order valence-corrected chi connectivity index (χ2v) is 8.05. The Morgan fingerprint density at radius 1 is 1.29 bits per heavy atom. The first-order valence-corrected chi connectivity index (χ1v) is 9.97. The minimum absolute atomic E-state index is 0.290. The summed E-state index contributed by atoms with van der Waals surface area (Å²) >= 11 is 1.55. The number of pyridine rings is 1. The molecule has 0 unspecified atom stereocenters. The summed E-state index contributed by atoms with van der Waals surface area (Å²) in [7, 11) is 5.92. The first-order valence-electron chi connectivity index (χ1n) is 9.15. The van der Waals surface area contributed by atoms with Crippen LogP contribution in [0.3, 0.4) is 0 Å². The Morgan fingerprint density at radius 2 is 2.04 bits per heavy atom. The lowest BCUT2D eigenvalue weighted by atomic mass is 10.2. The van der Waals surface area contributed by atoms with Crippen molar-refractivity contribution in [2.24, 2.45) is 7.05 Å². The quantitative estimate of drug-likeness (QED) is 0.628. The molecule has 0 radical (unpaired) electrons. The Hall–Kier alpha value is -2.29. The molecule has 0 fully saturated rings. The predicted octanol–water partition coefficient (Wildman–Crippen LogP) is 3.31. The van der Waals surface area contributed by atoms with Gasteiger partial charge in [0.2, 0.25) is 0 Å². The zero-order valence-corrected chi connectivity index (χ0v) is 17.8. The molecule has 0 aliphatic carbocycles. The fourth-order valence-electron chi connectivity index (χ4n) is 3.08. The fourth-order valence-corrected chi connectivity index (χ4v) is 4.15. The van der Waals surface area contributed by atoms with Gasteiger partial charge in [0.25, 0.3) is 0 Å². The van der Waals surface area contributed by atoms with Crippen molar-refractivity contribution in [3.05, 3.63) is 35.3 Å². The molecule has 0 saturated heterocycles. The average molecular weight is 402 g/mol. The minimum atomic E-state index is 0.290. The maximum atomic E-state index is 10.4. The summed E-state index contributed by atoms with van der Waals surface area (Å²) in [5.41, 5.74) is 9.48. The number of nitrogen functional groups attached to an aromatic ring is 1. The van der Waals surface area contributed by atoms with Gasteiger partial charge in [-0.3, -0.25) is 0 Å². The number of fused-ring (bicyclic) bond motifs is 1. The molecule has 1 aromatic carbocycles. The highest BCUT2D eigenvalue weighted by Crippen LogP contribution is 2.38. The van der Waals surface area contributed by atoms with Crippen LogP contribution in [0, 0.1) is 6.92 Å². The Kier molecular flexibility index (Phi) is 6.12. The summed E-state index contributed by atoms with van der Waals surface area (Å²) in [4.78, 5) is 13.1. The normalized spacial score (nSPS) is 11.6. The summed E-state index contributed by atoms with van der Waals surface area (Å²) in [5.74, 6) is 1.51. The van der Waals surface area contributed by atoms with Crippen molar-refractivity contribution in [1.82, 2.24) is 19.4 Å². The topological polar surface area (TPSA) is 89.4 Å². The summed E-state index contributed by atoms with van der Waals surface area (Å²) in [6, 6.07) is 5.77. The molecule has 3 N–H and O–H groups in total. The number of imidazole rings is 1. The van der Waals surface area contributed by atoms with Crippen LogP contribution in [0.2, 0.25) is 0 Å². The van der Waals surface area contributed by atoms with Crippen LogP contribution in [0.1, 0.15) is 24.0 Å². The molecule has 0 bridgehead atoms. The number of anilines is 1. The molecule has 8 heteroatoms. The van der Waals surface area contributed by atoms with Gasteiger partial charge < -0.3 is 25.0 Å². The van der Waals surface area contributed by atoms with Gasteiger partial charge in [0, 0.05) is 30.7 Å². The van der Waals surface area contributed by atoms with E-state index in [4.69, 9.17) is 10.5 Å². The summed E-state index contributed by atoms with van der Waals surface area (Å²) < 4.78 is 7.54. The fraction of sp³-hybridized carbons (Fsp3) is 0.400. The molecule has 0 amide bonds. The highest BCUT2D eigenvalue weighted by Gasteiger charge is 2.19. The number of aromatic hydroxyl groups is 1. The van der Waals surface area contributed by atoms with Crippen molar-refractivity contribution in [3.8, 4) is 5.75 Å². The van der Waals surface area contributed by atoms with E-state index in [-0.39, 0.29) is 5.75 Å². The second kappa shape index (κ2) is 8.38. The lowest BCUT2D eigenvalue weighted by molar-refractivity contribution is 0.126. The van der Waals surface area contributed by atoms with Gasteiger partial charge in [-0.05, 0) is 40.1 Å². The molecule has 3 aromatic rings. The van der Waals surface area contributed by atoms with Crippen LogP contribution in [0.5, 0.6) is 5.75 Å². The van der Waals surface area contributed by atoms with Gasteiger partial charge in [-0.2, -0.15) is 0 Å². The SMILES string of the molecule is CCOCc1nc2c(N)nc(C)c(Sc3ccc(CN(C)C)c(O)c3)c2n1C. The summed E-state index contributed by atoms with van der Waals surface area (Å²) in [6.45, 7) is 5.62. The van der Waals surface area contributed by atoms with E-state index in [0.29, 0.717) is 31.1 Å². The van der Waals surface area contributed by atoms with Crippen LogP contribution in [-0.4, -0.2) is 45.2 Å². The molecule has 7 nitrogen and oxygen atoms in total. The van der Waals surface area contributed by atoms with E-state index in [1.165, 1.54) is 0 Å². The van der Waals surface area contributed by atoms with Crippen molar-refractivity contribution in [2.75, 3.05) is 26.4 Å². The van der Waals surface area contributed by atoms with Gasteiger partial charge in [-0.15, -0.1) is 0 Å². The number of phenols is 1. The van der Waals surface area contributed by atoms with E-state index in [0.717, 1.165) is 32.4 Å². The van der Waals surface area contributed by atoms with Gasteiger partial charge in [0.05, 0.1) is 16.1 Å². The van der Waals surface area contributed by atoms with Crippen molar-refractivity contribution < 1.29 is 9.84 Å². The molecule has 0 saturated carbocycles. The lowest BCUT2D eigenvalue weighted by Crippen LogP contribution is -2.10. The van der Waals surface area contributed by atoms with Crippen molar-refractivity contribution in [1.29, 1.82) is 0 Å². The van der Waals surface area contributed by atoms with E-state index >= 15 is 0 Å². The number of hydrogen-bond donors (Lipinski definition) is 2. The number of ether oxygens (including phenoxy) is 1. The van der Waals surface area contributed by atoms with Crippen LogP contribution in [0.4, 0.5) is 5.82 Å². The van der Waals surface area contributed by atoms with Crippen LogP contribution in [0.15, 0.2) is 28.0 Å². The van der Waals surface area contributed by atoms with Crippen LogP contribution in [-0.2, 0) is 24.9 Å². The molecule has 0 spiro atoms. The number of benzene rings is 1. The molecular formula is C20H27N5O2S. The van der Waals surface area contributed by atoms with Gasteiger partial charge in [-0.25, -0.2) is 9.97 Å². The van der Waals surface area contributed by atoms with Crippen molar-refractivity contribution in [2.45, 2.75) is 36.8 Å². The van der Waals surface area contributed by atoms with E-state index in [1.54, 1.807) is 17.8 Å². The molecule has 2 heterocycles. The molecule has 28 heavy (non-hydrogen) atoms. The highest BCUT2D eigenvalue weighted by atomic mass is 32.2. The first-order chi connectivity index (χ1) is 13.3. The molecule has 0 aliphatic rings. The van der Waals surface area contributed by atoms with Gasteiger partial charge >= 0.3 is 0 Å². The number of rotatable bonds is 7.